The summed E-state index contributed by atoms with van der Waals surface area (Å²) < 4.78 is 53.4. The van der Waals surface area contributed by atoms with Gasteiger partial charge >= 0.3 is 12.1 Å². The highest BCUT2D eigenvalue weighted by Crippen LogP contribution is 2.61. The summed E-state index contributed by atoms with van der Waals surface area (Å²) in [4.78, 5) is 11.6. The lowest BCUT2D eigenvalue weighted by Gasteiger charge is -2.36. The van der Waals surface area contributed by atoms with Crippen LogP contribution in [0.3, 0.4) is 0 Å². The van der Waals surface area contributed by atoms with Crippen LogP contribution in [-0.4, -0.2) is 22.8 Å². The Balaban J connectivity index is 1.27. The highest BCUT2D eigenvalue weighted by atomic mass is 19.4. The number of allylic oxidation sites excluding steroid dienone is 5. The van der Waals surface area contributed by atoms with Crippen LogP contribution in [0.25, 0.3) is 0 Å². The molecule has 4 unspecified atom stereocenters. The lowest BCUT2D eigenvalue weighted by molar-refractivity contribution is -0.140. The third-order valence-electron chi connectivity index (χ3n) is 8.50. The molecule has 0 radical (unpaired) electrons. The predicted molar refractivity (Wildman–Crippen MR) is 137 cm³/mol. The Bertz CT molecular complexity index is 1440. The van der Waals surface area contributed by atoms with Crippen molar-refractivity contribution in [3.63, 3.8) is 0 Å². The summed E-state index contributed by atoms with van der Waals surface area (Å²) in [5, 5.41) is 21.2. The van der Waals surface area contributed by atoms with E-state index in [1.165, 1.54) is 23.8 Å². The Morgan fingerprint density at radius 2 is 1.95 bits per heavy atom. The van der Waals surface area contributed by atoms with Gasteiger partial charge in [0.2, 0.25) is 0 Å². The van der Waals surface area contributed by atoms with E-state index in [-0.39, 0.29) is 48.5 Å². The van der Waals surface area contributed by atoms with Gasteiger partial charge in [0.05, 0.1) is 18.1 Å². The van der Waals surface area contributed by atoms with Crippen molar-refractivity contribution in [3.8, 4) is 5.75 Å². The fraction of sp³-hybridized carbons (Fsp3) is 0.387. The molecule has 2 aromatic rings. The van der Waals surface area contributed by atoms with Crippen LogP contribution in [-0.2, 0) is 27.9 Å². The number of halogens is 3. The van der Waals surface area contributed by atoms with E-state index in [1.54, 1.807) is 18.2 Å². The van der Waals surface area contributed by atoms with Crippen molar-refractivity contribution in [1.29, 1.82) is 0 Å². The van der Waals surface area contributed by atoms with Crippen molar-refractivity contribution in [2.24, 2.45) is 17.8 Å². The van der Waals surface area contributed by atoms with E-state index < -0.39 is 23.3 Å². The van der Waals surface area contributed by atoms with Crippen LogP contribution in [0.1, 0.15) is 54.9 Å². The van der Waals surface area contributed by atoms with Crippen molar-refractivity contribution in [2.75, 3.05) is 6.61 Å². The van der Waals surface area contributed by atoms with Gasteiger partial charge in [0.25, 0.3) is 0 Å². The number of fused-ring (bicyclic) bond motifs is 3. The quantitative estimate of drug-likeness (QED) is 0.439. The van der Waals surface area contributed by atoms with Crippen molar-refractivity contribution in [1.82, 2.24) is 0 Å². The van der Waals surface area contributed by atoms with Gasteiger partial charge in [-0.1, -0.05) is 42.8 Å². The summed E-state index contributed by atoms with van der Waals surface area (Å²) in [6.45, 7) is 2.32. The molecule has 1 aliphatic heterocycles. The molecular weight excluding hydrogens is 509 g/mol. The minimum atomic E-state index is -4.61. The van der Waals surface area contributed by atoms with Crippen molar-refractivity contribution >= 4 is 5.97 Å². The number of hydrogen-bond donors (Lipinski definition) is 2. The highest BCUT2D eigenvalue weighted by Gasteiger charge is 2.60. The van der Waals surface area contributed by atoms with Gasteiger partial charge in [-0.15, -0.1) is 0 Å². The molecule has 5 nitrogen and oxygen atoms in total. The summed E-state index contributed by atoms with van der Waals surface area (Å²) in [6, 6.07) is 10.3. The smallest absolute Gasteiger partial charge is 0.416 e. The molecule has 0 saturated heterocycles. The average Bonchev–Trinajstić information content (AvgIpc) is 3.57. The van der Waals surface area contributed by atoms with Gasteiger partial charge in [-0.05, 0) is 59.7 Å². The highest BCUT2D eigenvalue weighted by molar-refractivity contribution is 5.77. The molecule has 1 heterocycles. The molecule has 1 saturated carbocycles. The largest absolute Gasteiger partial charge is 0.493 e. The molecule has 1 fully saturated rings. The second-order valence-electron chi connectivity index (χ2n) is 10.8. The minimum absolute atomic E-state index is 0.0101. The first-order valence-corrected chi connectivity index (χ1v) is 13.2. The van der Waals surface area contributed by atoms with Crippen LogP contribution in [0.5, 0.6) is 5.75 Å². The SMILES string of the molecule is CCC1=CC2=C(C=C(OCc3ccc4c(c3)C(O)(c3ccccc3C(F)(F)F)CCO4)C1)CC1C(C(=O)O)C21. The molecule has 0 bridgehead atoms. The van der Waals surface area contributed by atoms with Crippen LogP contribution >= 0.6 is 0 Å². The molecule has 6 rings (SSSR count). The van der Waals surface area contributed by atoms with Crippen molar-refractivity contribution in [3.05, 3.63) is 99.3 Å². The van der Waals surface area contributed by atoms with Gasteiger partial charge in [-0.2, -0.15) is 13.2 Å². The topological polar surface area (TPSA) is 76.0 Å². The number of rotatable bonds is 6. The monoisotopic (exact) mass is 538 g/mol. The molecule has 0 spiro atoms. The van der Waals surface area contributed by atoms with Crippen LogP contribution in [0.2, 0.25) is 0 Å². The van der Waals surface area contributed by atoms with Gasteiger partial charge in [-0.3, -0.25) is 4.79 Å². The van der Waals surface area contributed by atoms with Crippen molar-refractivity contribution < 1.29 is 37.7 Å². The summed E-state index contributed by atoms with van der Waals surface area (Å²) in [6.07, 6.45) is 1.69. The minimum Gasteiger partial charge on any atom is -0.493 e. The Kier molecular flexibility index (Phi) is 6.14. The molecule has 0 amide bonds. The first-order valence-electron chi connectivity index (χ1n) is 13.2. The molecule has 8 heteroatoms. The van der Waals surface area contributed by atoms with Crippen molar-refractivity contribution in [2.45, 2.75) is 51.0 Å². The van der Waals surface area contributed by atoms with Crippen LogP contribution in [0.4, 0.5) is 13.2 Å². The summed E-state index contributed by atoms with van der Waals surface area (Å²) >= 11 is 0. The van der Waals surface area contributed by atoms with Gasteiger partial charge in [-0.25, -0.2) is 0 Å². The van der Waals surface area contributed by atoms with Gasteiger partial charge in [0, 0.05) is 29.9 Å². The van der Waals surface area contributed by atoms with E-state index in [2.05, 4.69) is 13.0 Å². The molecular formula is C31H29F3O5. The molecule has 4 atom stereocenters. The lowest BCUT2D eigenvalue weighted by atomic mass is 9.79. The zero-order valence-corrected chi connectivity index (χ0v) is 21.4. The third kappa shape index (κ3) is 4.44. The zero-order chi connectivity index (χ0) is 27.5. The summed E-state index contributed by atoms with van der Waals surface area (Å²) in [7, 11) is 0. The maximum absolute atomic E-state index is 13.8. The standard InChI is InChI=1S/C31H29F3O5/c1-2-17-11-20(14-19-15-22-27(21(19)12-17)28(22)29(35)36)39-16-18-7-8-26-25(13-18)30(37,9-10-38-26)23-5-3-4-6-24(23)31(32,33)34/h3-8,12-14,22,27-28,37H,2,9-11,15-16H2,1H3,(H,35,36). The lowest BCUT2D eigenvalue weighted by Crippen LogP contribution is -2.36. The maximum atomic E-state index is 13.8. The predicted octanol–water partition coefficient (Wildman–Crippen LogP) is 6.51. The van der Waals surface area contributed by atoms with Gasteiger partial charge < -0.3 is 19.7 Å². The molecule has 0 aromatic heterocycles. The Morgan fingerprint density at radius 1 is 1.15 bits per heavy atom. The number of carboxylic acid groups (broad SMARTS) is 1. The van der Waals surface area contributed by atoms with E-state index in [0.717, 1.165) is 35.8 Å². The van der Waals surface area contributed by atoms with Crippen LogP contribution < -0.4 is 4.74 Å². The number of hydrogen-bond acceptors (Lipinski definition) is 4. The van der Waals surface area contributed by atoms with Crippen LogP contribution in [0.15, 0.2) is 77.1 Å². The van der Waals surface area contributed by atoms with E-state index in [9.17, 15) is 28.2 Å². The molecule has 2 N–H and O–H groups in total. The molecule has 4 aliphatic rings. The first-order chi connectivity index (χ1) is 18.6. The molecule has 3 aliphatic carbocycles. The Morgan fingerprint density at radius 3 is 2.69 bits per heavy atom. The normalized spacial score (nSPS) is 27.4. The Hall–Kier alpha value is -3.52. The third-order valence-corrected chi connectivity index (χ3v) is 8.50. The molecule has 2 aromatic carbocycles. The number of ether oxygens (including phenoxy) is 2. The second kappa shape index (κ2) is 9.30. The fourth-order valence-corrected chi connectivity index (χ4v) is 6.47. The first kappa shape index (κ1) is 25.7. The molecule has 204 valence electrons. The summed E-state index contributed by atoms with van der Waals surface area (Å²) in [5.41, 5.74) is 1.47. The number of carboxylic acids is 1. The number of carbonyl (C=O) groups is 1. The van der Waals surface area contributed by atoms with E-state index in [0.29, 0.717) is 17.7 Å². The molecule has 39 heavy (non-hydrogen) atoms. The number of aliphatic hydroxyl groups is 1. The number of aliphatic carboxylic acids is 1. The zero-order valence-electron chi connectivity index (χ0n) is 21.4. The van der Waals surface area contributed by atoms with E-state index >= 15 is 0 Å². The summed E-state index contributed by atoms with van der Waals surface area (Å²) in [5.74, 6) is 0.313. The number of alkyl halides is 3. The average molecular weight is 539 g/mol. The van der Waals surface area contributed by atoms with Gasteiger partial charge in [0.15, 0.2) is 0 Å². The fourth-order valence-electron chi connectivity index (χ4n) is 6.47. The van der Waals surface area contributed by atoms with Gasteiger partial charge in [0.1, 0.15) is 23.7 Å². The second-order valence-corrected chi connectivity index (χ2v) is 10.8. The van der Waals surface area contributed by atoms with Crippen LogP contribution in [0, 0.1) is 17.8 Å². The maximum Gasteiger partial charge on any atom is 0.416 e. The van der Waals surface area contributed by atoms with E-state index in [4.69, 9.17) is 9.47 Å². The Labute approximate surface area is 224 Å². The van der Waals surface area contributed by atoms with E-state index in [1.807, 2.05) is 6.08 Å². The number of benzene rings is 2.